The topological polar surface area (TPSA) is 55.4 Å². The first-order chi connectivity index (χ1) is 9.52. The molecule has 0 fully saturated rings. The minimum atomic E-state index is -0.596. The molecule has 4 nitrogen and oxygen atoms in total. The van der Waals surface area contributed by atoms with E-state index in [4.69, 9.17) is 4.74 Å². The molecule has 1 N–H and O–H groups in total. The molecule has 0 spiro atoms. The molecule has 6 heteroatoms. The minimum Gasteiger partial charge on any atom is -0.467 e. The number of hydrogen-bond acceptors (Lipinski definition) is 5. The molecule has 1 aliphatic heterocycles. The summed E-state index contributed by atoms with van der Waals surface area (Å²) in [6.07, 6.45) is 1.03. The van der Waals surface area contributed by atoms with Gasteiger partial charge < -0.3 is 10.1 Å². The summed E-state index contributed by atoms with van der Waals surface area (Å²) >= 11 is 3.43. The van der Waals surface area contributed by atoms with Gasteiger partial charge in [-0.1, -0.05) is 13.8 Å². The van der Waals surface area contributed by atoms with E-state index in [9.17, 15) is 9.59 Å². The number of esters is 1. The zero-order valence-corrected chi connectivity index (χ0v) is 13.5. The summed E-state index contributed by atoms with van der Waals surface area (Å²) in [4.78, 5) is 25.9. The molecule has 0 saturated carbocycles. The van der Waals surface area contributed by atoms with Crippen molar-refractivity contribution in [3.63, 3.8) is 0 Å². The quantitative estimate of drug-likeness (QED) is 0.868. The predicted octanol–water partition coefficient (Wildman–Crippen LogP) is 2.46. The zero-order valence-electron chi connectivity index (χ0n) is 11.9. The van der Waals surface area contributed by atoms with E-state index in [1.165, 1.54) is 28.9 Å². The van der Waals surface area contributed by atoms with Gasteiger partial charge >= 0.3 is 5.97 Å². The Balaban J connectivity index is 2.10. The molecule has 1 aromatic rings. The van der Waals surface area contributed by atoms with Gasteiger partial charge in [0.25, 0.3) is 5.91 Å². The molecule has 20 heavy (non-hydrogen) atoms. The third kappa shape index (κ3) is 3.35. The van der Waals surface area contributed by atoms with Crippen LogP contribution in [0.5, 0.6) is 0 Å². The van der Waals surface area contributed by atoms with Crippen molar-refractivity contribution in [2.24, 2.45) is 5.92 Å². The number of thiophene rings is 1. The molecule has 1 aliphatic rings. The van der Waals surface area contributed by atoms with Crippen molar-refractivity contribution in [2.75, 3.05) is 12.9 Å². The molecule has 0 radical (unpaired) electrons. The molecular formula is C14H19NO3S2. The summed E-state index contributed by atoms with van der Waals surface area (Å²) in [6, 6.07) is 1.36. The van der Waals surface area contributed by atoms with Crippen LogP contribution in [-0.4, -0.2) is 30.8 Å². The number of thioether (sulfide) groups is 1. The molecule has 0 bridgehead atoms. The van der Waals surface area contributed by atoms with Crippen molar-refractivity contribution >= 4 is 35.0 Å². The SMILES string of the molecule is COC(=O)C(NC(=O)c1cc2c(s1)CCSC2)C(C)C. The third-order valence-corrected chi connectivity index (χ3v) is 5.50. The lowest BCUT2D eigenvalue weighted by atomic mass is 10.0. The highest BCUT2D eigenvalue weighted by molar-refractivity contribution is 7.98. The van der Waals surface area contributed by atoms with Gasteiger partial charge in [0.15, 0.2) is 0 Å². The van der Waals surface area contributed by atoms with E-state index in [0.29, 0.717) is 4.88 Å². The van der Waals surface area contributed by atoms with Crippen LogP contribution >= 0.6 is 23.1 Å². The second kappa shape index (κ2) is 6.63. The summed E-state index contributed by atoms with van der Waals surface area (Å²) < 4.78 is 4.74. The van der Waals surface area contributed by atoms with Crippen LogP contribution in [-0.2, 0) is 21.7 Å². The second-order valence-electron chi connectivity index (χ2n) is 5.08. The van der Waals surface area contributed by atoms with Gasteiger partial charge in [-0.15, -0.1) is 11.3 Å². The number of aryl methyl sites for hydroxylation is 1. The second-order valence-corrected chi connectivity index (χ2v) is 7.32. The third-order valence-electron chi connectivity index (χ3n) is 3.26. The maximum atomic E-state index is 12.3. The van der Waals surface area contributed by atoms with E-state index >= 15 is 0 Å². The van der Waals surface area contributed by atoms with Gasteiger partial charge in [0.2, 0.25) is 0 Å². The number of fused-ring (bicyclic) bond motifs is 1. The fraction of sp³-hybridized carbons (Fsp3) is 0.571. The fourth-order valence-electron chi connectivity index (χ4n) is 2.10. The van der Waals surface area contributed by atoms with Crippen molar-refractivity contribution in [1.82, 2.24) is 5.32 Å². The Hall–Kier alpha value is -1.01. The number of amides is 1. The Labute approximate surface area is 127 Å². The Bertz CT molecular complexity index is 487. The average molecular weight is 313 g/mol. The molecule has 1 aromatic heterocycles. The summed E-state index contributed by atoms with van der Waals surface area (Å²) in [5.41, 5.74) is 1.26. The van der Waals surface area contributed by atoms with Crippen LogP contribution < -0.4 is 5.32 Å². The largest absolute Gasteiger partial charge is 0.467 e. The van der Waals surface area contributed by atoms with Gasteiger partial charge in [0.1, 0.15) is 6.04 Å². The molecular weight excluding hydrogens is 294 g/mol. The van der Waals surface area contributed by atoms with Crippen molar-refractivity contribution in [2.45, 2.75) is 32.1 Å². The summed E-state index contributed by atoms with van der Waals surface area (Å²) in [6.45, 7) is 3.77. The monoisotopic (exact) mass is 313 g/mol. The van der Waals surface area contributed by atoms with Gasteiger partial charge in [-0.3, -0.25) is 4.79 Å². The first-order valence-electron chi connectivity index (χ1n) is 6.61. The highest BCUT2D eigenvalue weighted by Gasteiger charge is 2.26. The molecule has 2 rings (SSSR count). The molecule has 110 valence electrons. The molecule has 1 amide bonds. The van der Waals surface area contributed by atoms with E-state index in [1.54, 1.807) is 0 Å². The lowest BCUT2D eigenvalue weighted by Crippen LogP contribution is -2.44. The standard InChI is InChI=1S/C14H19NO3S2/c1-8(2)12(14(17)18-3)15-13(16)11-6-9-7-19-5-4-10(9)20-11/h6,8,12H,4-5,7H2,1-3H3,(H,15,16). The van der Waals surface area contributed by atoms with Gasteiger partial charge in [-0.2, -0.15) is 11.8 Å². The van der Waals surface area contributed by atoms with Crippen LogP contribution in [0.1, 0.15) is 34.0 Å². The zero-order chi connectivity index (χ0) is 14.7. The minimum absolute atomic E-state index is 0.00320. The highest BCUT2D eigenvalue weighted by Crippen LogP contribution is 2.31. The molecule has 0 aliphatic carbocycles. The molecule has 1 unspecified atom stereocenters. The Morgan fingerprint density at radius 2 is 2.15 bits per heavy atom. The van der Waals surface area contributed by atoms with Crippen LogP contribution in [0, 0.1) is 5.92 Å². The number of rotatable bonds is 4. The molecule has 1 atom stereocenters. The van der Waals surface area contributed by atoms with Gasteiger partial charge in [-0.25, -0.2) is 4.79 Å². The first-order valence-corrected chi connectivity index (χ1v) is 8.58. The number of carbonyl (C=O) groups excluding carboxylic acids is 2. The van der Waals surface area contributed by atoms with Crippen molar-refractivity contribution in [3.8, 4) is 0 Å². The Morgan fingerprint density at radius 3 is 2.75 bits per heavy atom. The van der Waals surface area contributed by atoms with E-state index in [0.717, 1.165) is 17.9 Å². The number of hydrogen-bond donors (Lipinski definition) is 1. The highest BCUT2D eigenvalue weighted by atomic mass is 32.2. The van der Waals surface area contributed by atoms with E-state index in [-0.39, 0.29) is 11.8 Å². The lowest BCUT2D eigenvalue weighted by Gasteiger charge is -2.19. The van der Waals surface area contributed by atoms with Gasteiger partial charge in [-0.05, 0) is 29.7 Å². The first kappa shape index (κ1) is 15.4. The summed E-state index contributed by atoms with van der Waals surface area (Å²) in [5, 5.41) is 2.78. The van der Waals surface area contributed by atoms with Crippen LogP contribution in [0.3, 0.4) is 0 Å². The molecule has 2 heterocycles. The van der Waals surface area contributed by atoms with E-state index in [1.807, 2.05) is 31.7 Å². The van der Waals surface area contributed by atoms with E-state index < -0.39 is 12.0 Å². The smallest absolute Gasteiger partial charge is 0.328 e. The fourth-order valence-corrected chi connectivity index (χ4v) is 4.37. The lowest BCUT2D eigenvalue weighted by molar-refractivity contribution is -0.144. The van der Waals surface area contributed by atoms with Crippen LogP contribution in [0.15, 0.2) is 6.07 Å². The Kier molecular flexibility index (Phi) is 5.10. The summed E-state index contributed by atoms with van der Waals surface area (Å²) in [7, 11) is 1.34. The van der Waals surface area contributed by atoms with Gasteiger partial charge in [0, 0.05) is 10.6 Å². The van der Waals surface area contributed by atoms with Crippen molar-refractivity contribution in [1.29, 1.82) is 0 Å². The van der Waals surface area contributed by atoms with Gasteiger partial charge in [0.05, 0.1) is 12.0 Å². The number of methoxy groups -OCH3 is 1. The van der Waals surface area contributed by atoms with Crippen LogP contribution in [0.25, 0.3) is 0 Å². The molecule has 0 saturated heterocycles. The number of nitrogens with one attached hydrogen (secondary N) is 1. The number of carbonyl (C=O) groups is 2. The number of ether oxygens (including phenoxy) is 1. The summed E-state index contributed by atoms with van der Waals surface area (Å²) in [5.74, 6) is 1.51. The van der Waals surface area contributed by atoms with E-state index in [2.05, 4.69) is 5.32 Å². The van der Waals surface area contributed by atoms with Crippen molar-refractivity contribution < 1.29 is 14.3 Å². The van der Waals surface area contributed by atoms with Crippen molar-refractivity contribution in [3.05, 3.63) is 21.4 Å². The average Bonchev–Trinajstić information content (AvgIpc) is 2.87. The van der Waals surface area contributed by atoms with Crippen LogP contribution in [0.4, 0.5) is 0 Å². The normalized spacial score (nSPS) is 15.6. The molecule has 0 aromatic carbocycles. The predicted molar refractivity (Wildman–Crippen MR) is 82.3 cm³/mol. The maximum Gasteiger partial charge on any atom is 0.328 e. The van der Waals surface area contributed by atoms with Crippen LogP contribution in [0.2, 0.25) is 0 Å². The maximum absolute atomic E-state index is 12.3. The Morgan fingerprint density at radius 1 is 1.40 bits per heavy atom.